The fourth-order valence-electron chi connectivity index (χ4n) is 2.83. The van der Waals surface area contributed by atoms with E-state index >= 15 is 0 Å². The Bertz CT molecular complexity index is 484. The molecule has 0 aliphatic carbocycles. The largest absolute Gasteiger partial charge is 0.496 e. The molecule has 1 aromatic rings. The Morgan fingerprint density at radius 1 is 1.37 bits per heavy atom. The molecule has 5 heteroatoms. The van der Waals surface area contributed by atoms with Crippen molar-refractivity contribution in [2.45, 2.75) is 25.5 Å². The van der Waals surface area contributed by atoms with E-state index in [4.69, 9.17) is 9.47 Å². The molecule has 2 heterocycles. The number of carbonyl (C=O) groups excluding carboxylic acids is 1. The molecule has 102 valence electrons. The van der Waals surface area contributed by atoms with Gasteiger partial charge in [0, 0.05) is 6.04 Å². The molecule has 0 saturated carbocycles. The van der Waals surface area contributed by atoms with E-state index in [0.717, 1.165) is 42.9 Å². The Labute approximate surface area is 112 Å². The first-order chi connectivity index (χ1) is 9.31. The zero-order chi connectivity index (χ0) is 13.2. The predicted octanol–water partition coefficient (Wildman–Crippen LogP) is 1.90. The normalized spacial score (nSPS) is 19.8. The Kier molecular flexibility index (Phi) is 3.29. The number of carbonyl (C=O) groups is 1. The Hall–Kier alpha value is -1.75. The molecule has 3 rings (SSSR count). The first-order valence-corrected chi connectivity index (χ1v) is 6.64. The molecule has 2 aliphatic rings. The van der Waals surface area contributed by atoms with Crippen LogP contribution in [0, 0.1) is 0 Å². The number of anilines is 1. The van der Waals surface area contributed by atoms with Gasteiger partial charge in [-0.05, 0) is 38.1 Å². The van der Waals surface area contributed by atoms with E-state index in [-0.39, 0.29) is 12.1 Å². The van der Waals surface area contributed by atoms with Gasteiger partial charge in [-0.2, -0.15) is 0 Å². The predicted molar refractivity (Wildman–Crippen MR) is 71.5 cm³/mol. The third-order valence-corrected chi connectivity index (χ3v) is 3.80. The van der Waals surface area contributed by atoms with Gasteiger partial charge in [0.2, 0.25) is 0 Å². The molecule has 0 bridgehead atoms. The number of hydrogen-bond acceptors (Lipinski definition) is 4. The van der Waals surface area contributed by atoms with Crippen molar-refractivity contribution in [1.82, 2.24) is 5.32 Å². The lowest BCUT2D eigenvalue weighted by atomic mass is 10.0. The van der Waals surface area contributed by atoms with E-state index in [1.54, 1.807) is 12.0 Å². The first kappa shape index (κ1) is 12.3. The average molecular weight is 262 g/mol. The number of methoxy groups -OCH3 is 1. The van der Waals surface area contributed by atoms with Crippen molar-refractivity contribution >= 4 is 11.8 Å². The molecule has 1 saturated heterocycles. The van der Waals surface area contributed by atoms with Crippen LogP contribution >= 0.6 is 0 Å². The lowest BCUT2D eigenvalue weighted by Crippen LogP contribution is -2.48. The molecule has 0 aromatic heterocycles. The molecule has 1 N–H and O–H groups in total. The van der Waals surface area contributed by atoms with Crippen molar-refractivity contribution in [3.8, 4) is 5.75 Å². The number of fused-ring (bicyclic) bond motifs is 1. The van der Waals surface area contributed by atoms with Crippen LogP contribution in [0.15, 0.2) is 18.2 Å². The summed E-state index contributed by atoms with van der Waals surface area (Å²) < 4.78 is 10.7. The summed E-state index contributed by atoms with van der Waals surface area (Å²) in [6.07, 6.45) is 1.66. The number of nitrogens with zero attached hydrogens (tertiary/aromatic N) is 1. The fraction of sp³-hybridized carbons (Fsp3) is 0.500. The number of nitrogens with one attached hydrogen (secondary N) is 1. The van der Waals surface area contributed by atoms with Gasteiger partial charge in [0.15, 0.2) is 0 Å². The van der Waals surface area contributed by atoms with Crippen molar-refractivity contribution in [3.63, 3.8) is 0 Å². The van der Waals surface area contributed by atoms with Crippen molar-refractivity contribution in [3.05, 3.63) is 23.8 Å². The molecule has 1 amide bonds. The van der Waals surface area contributed by atoms with Crippen LogP contribution in [0.3, 0.4) is 0 Å². The third-order valence-electron chi connectivity index (χ3n) is 3.80. The Morgan fingerprint density at radius 3 is 2.89 bits per heavy atom. The van der Waals surface area contributed by atoms with E-state index in [1.165, 1.54) is 0 Å². The maximum atomic E-state index is 12.1. The summed E-state index contributed by atoms with van der Waals surface area (Å²) in [7, 11) is 1.64. The lowest BCUT2D eigenvalue weighted by Gasteiger charge is -2.37. The van der Waals surface area contributed by atoms with Crippen LogP contribution in [-0.4, -0.2) is 32.3 Å². The van der Waals surface area contributed by atoms with Crippen LogP contribution in [-0.2, 0) is 11.3 Å². The van der Waals surface area contributed by atoms with E-state index in [0.29, 0.717) is 6.61 Å². The van der Waals surface area contributed by atoms with Crippen LogP contribution < -0.4 is 15.0 Å². The highest BCUT2D eigenvalue weighted by Crippen LogP contribution is 2.36. The summed E-state index contributed by atoms with van der Waals surface area (Å²) in [6, 6.07) is 6.00. The van der Waals surface area contributed by atoms with Crippen LogP contribution in [0.5, 0.6) is 5.75 Å². The molecule has 1 aromatic carbocycles. The Balaban J connectivity index is 1.98. The number of amides is 1. The minimum atomic E-state index is -0.243. The zero-order valence-electron chi connectivity index (χ0n) is 11.0. The van der Waals surface area contributed by atoms with Gasteiger partial charge < -0.3 is 14.8 Å². The summed E-state index contributed by atoms with van der Waals surface area (Å²) in [4.78, 5) is 13.9. The van der Waals surface area contributed by atoms with Crippen molar-refractivity contribution in [2.24, 2.45) is 0 Å². The second-order valence-electron chi connectivity index (χ2n) is 4.86. The smallest absolute Gasteiger partial charge is 0.414 e. The average Bonchev–Trinajstić information content (AvgIpc) is 2.47. The molecule has 5 nitrogen and oxygen atoms in total. The topological polar surface area (TPSA) is 50.8 Å². The number of rotatable bonds is 2. The molecule has 2 aliphatic heterocycles. The zero-order valence-corrected chi connectivity index (χ0v) is 11.0. The van der Waals surface area contributed by atoms with E-state index in [2.05, 4.69) is 5.32 Å². The second-order valence-corrected chi connectivity index (χ2v) is 4.86. The summed E-state index contributed by atoms with van der Waals surface area (Å²) >= 11 is 0. The number of hydrogen-bond donors (Lipinski definition) is 1. The van der Waals surface area contributed by atoms with Gasteiger partial charge >= 0.3 is 6.09 Å². The van der Waals surface area contributed by atoms with E-state index in [1.807, 2.05) is 18.2 Å². The third kappa shape index (κ3) is 2.14. The highest BCUT2D eigenvalue weighted by Gasteiger charge is 2.33. The Morgan fingerprint density at radius 2 is 2.16 bits per heavy atom. The molecular formula is C14H18N2O3. The van der Waals surface area contributed by atoms with Crippen molar-refractivity contribution in [1.29, 1.82) is 0 Å². The van der Waals surface area contributed by atoms with Gasteiger partial charge in [-0.25, -0.2) is 4.79 Å². The van der Waals surface area contributed by atoms with Crippen molar-refractivity contribution in [2.75, 3.05) is 25.1 Å². The molecule has 1 fully saturated rings. The summed E-state index contributed by atoms with van der Waals surface area (Å²) in [5.74, 6) is 0.781. The van der Waals surface area contributed by atoms with Gasteiger partial charge in [0.1, 0.15) is 12.4 Å². The molecule has 0 radical (unpaired) electrons. The first-order valence-electron chi connectivity index (χ1n) is 6.64. The van der Waals surface area contributed by atoms with Gasteiger partial charge in [0.25, 0.3) is 0 Å². The SMILES string of the molecule is COc1cccc2c1COC(=O)N2C1CCNCC1. The van der Waals surface area contributed by atoms with Crippen molar-refractivity contribution < 1.29 is 14.3 Å². The van der Waals surface area contributed by atoms with Gasteiger partial charge in [0.05, 0.1) is 18.4 Å². The summed E-state index contributed by atoms with van der Waals surface area (Å²) in [6.45, 7) is 2.17. The van der Waals surface area contributed by atoms with Gasteiger partial charge in [-0.15, -0.1) is 0 Å². The minimum Gasteiger partial charge on any atom is -0.496 e. The van der Waals surface area contributed by atoms with Crippen LogP contribution in [0.25, 0.3) is 0 Å². The summed E-state index contributed by atoms with van der Waals surface area (Å²) in [5.41, 5.74) is 1.89. The molecular weight excluding hydrogens is 244 g/mol. The molecule has 19 heavy (non-hydrogen) atoms. The number of ether oxygens (including phenoxy) is 2. The standard InChI is InChI=1S/C14H18N2O3/c1-18-13-4-2-3-12-11(13)9-19-14(17)16(12)10-5-7-15-8-6-10/h2-4,10,15H,5-9H2,1H3. The minimum absolute atomic E-state index is 0.208. The number of cyclic esters (lactones) is 1. The fourth-order valence-corrected chi connectivity index (χ4v) is 2.83. The van der Waals surface area contributed by atoms with Crippen LogP contribution in [0.2, 0.25) is 0 Å². The molecule has 0 unspecified atom stereocenters. The van der Waals surface area contributed by atoms with Crippen LogP contribution in [0.4, 0.5) is 10.5 Å². The quantitative estimate of drug-likeness (QED) is 0.884. The monoisotopic (exact) mass is 262 g/mol. The van der Waals surface area contributed by atoms with E-state index < -0.39 is 0 Å². The molecule has 0 spiro atoms. The summed E-state index contributed by atoms with van der Waals surface area (Å²) in [5, 5.41) is 3.31. The maximum absolute atomic E-state index is 12.1. The lowest BCUT2D eigenvalue weighted by molar-refractivity contribution is 0.136. The second kappa shape index (κ2) is 5.09. The number of benzene rings is 1. The van der Waals surface area contributed by atoms with Gasteiger partial charge in [-0.1, -0.05) is 6.07 Å². The number of piperidine rings is 1. The molecule has 0 atom stereocenters. The van der Waals surface area contributed by atoms with Crippen LogP contribution in [0.1, 0.15) is 18.4 Å². The highest BCUT2D eigenvalue weighted by molar-refractivity contribution is 5.91. The highest BCUT2D eigenvalue weighted by atomic mass is 16.6. The maximum Gasteiger partial charge on any atom is 0.414 e. The van der Waals surface area contributed by atoms with Gasteiger partial charge in [-0.3, -0.25) is 4.90 Å². The van der Waals surface area contributed by atoms with E-state index in [9.17, 15) is 4.79 Å².